The van der Waals surface area contributed by atoms with Crippen molar-refractivity contribution >= 4 is 16.8 Å². The van der Waals surface area contributed by atoms with Gasteiger partial charge in [0.15, 0.2) is 5.82 Å². The number of nitrogens with zero attached hydrogens (tertiary/aromatic N) is 5. The van der Waals surface area contributed by atoms with Crippen LogP contribution in [0.4, 0.5) is 0 Å². The van der Waals surface area contributed by atoms with Gasteiger partial charge in [-0.3, -0.25) is 9.59 Å². The van der Waals surface area contributed by atoms with Crippen LogP contribution in [-0.2, 0) is 26.6 Å². The molecule has 0 fully saturated rings. The van der Waals surface area contributed by atoms with E-state index in [0.29, 0.717) is 22.3 Å². The van der Waals surface area contributed by atoms with Crippen LogP contribution in [0, 0.1) is 0 Å². The van der Waals surface area contributed by atoms with Gasteiger partial charge in [-0.2, -0.15) is 0 Å². The fraction of sp³-hybridized carbons (Fsp3) is 0.190. The van der Waals surface area contributed by atoms with Crippen molar-refractivity contribution in [2.75, 3.05) is 0 Å². The highest BCUT2D eigenvalue weighted by atomic mass is 16.1. The fourth-order valence-electron chi connectivity index (χ4n) is 3.11. The van der Waals surface area contributed by atoms with E-state index in [9.17, 15) is 9.59 Å². The van der Waals surface area contributed by atoms with E-state index in [1.54, 1.807) is 31.6 Å². The summed E-state index contributed by atoms with van der Waals surface area (Å²) in [6, 6.07) is 15.0. The molecule has 0 saturated carbocycles. The van der Waals surface area contributed by atoms with E-state index >= 15 is 0 Å². The van der Waals surface area contributed by atoms with Crippen LogP contribution < -0.4 is 10.9 Å². The molecule has 2 aromatic heterocycles. The van der Waals surface area contributed by atoms with Crippen LogP contribution in [0.1, 0.15) is 21.7 Å². The van der Waals surface area contributed by atoms with E-state index in [0.717, 1.165) is 13.0 Å². The third-order valence-corrected chi connectivity index (χ3v) is 4.77. The van der Waals surface area contributed by atoms with E-state index in [2.05, 4.69) is 32.6 Å². The van der Waals surface area contributed by atoms with Gasteiger partial charge in [-0.05, 0) is 30.2 Å². The summed E-state index contributed by atoms with van der Waals surface area (Å²) in [5.41, 5.74) is 2.01. The summed E-state index contributed by atoms with van der Waals surface area (Å²) in [5, 5.41) is 11.4. The highest BCUT2D eigenvalue weighted by Crippen LogP contribution is 2.10. The van der Waals surface area contributed by atoms with Crippen molar-refractivity contribution < 1.29 is 4.79 Å². The zero-order valence-corrected chi connectivity index (χ0v) is 15.9. The van der Waals surface area contributed by atoms with Gasteiger partial charge in [-0.1, -0.05) is 30.3 Å². The third kappa shape index (κ3) is 4.06. The normalized spacial score (nSPS) is 10.9. The molecule has 29 heavy (non-hydrogen) atoms. The zero-order valence-electron chi connectivity index (χ0n) is 15.9. The number of rotatable bonds is 6. The van der Waals surface area contributed by atoms with Crippen LogP contribution >= 0.6 is 0 Å². The molecular formula is C21H20N6O2. The fourth-order valence-corrected chi connectivity index (χ4v) is 3.11. The summed E-state index contributed by atoms with van der Waals surface area (Å²) in [7, 11) is 1.64. The lowest BCUT2D eigenvalue weighted by Crippen LogP contribution is -2.25. The summed E-state index contributed by atoms with van der Waals surface area (Å²) in [5.74, 6) is 0.425. The van der Waals surface area contributed by atoms with Gasteiger partial charge in [-0.15, -0.1) is 10.2 Å². The van der Waals surface area contributed by atoms with Gasteiger partial charge in [0.2, 0.25) is 0 Å². The summed E-state index contributed by atoms with van der Waals surface area (Å²) in [4.78, 5) is 28.9. The standard InChI is InChI=1S/C21H20N6O2/c1-26-13-23-18-11-16(7-8-17(18)21(26)29)20(28)22-12-19-25-24-14-27(19)10-9-15-5-3-2-4-6-15/h2-8,11,13-14H,9-10,12H2,1H3,(H,22,28). The Hall–Kier alpha value is -3.81. The molecule has 8 heteroatoms. The number of aromatic nitrogens is 5. The number of carbonyl (C=O) groups is 1. The second-order valence-electron chi connectivity index (χ2n) is 6.75. The molecule has 4 aromatic rings. The number of carbonyl (C=O) groups excluding carboxylic acids is 1. The number of hydrogen-bond acceptors (Lipinski definition) is 5. The minimum atomic E-state index is -0.257. The van der Waals surface area contributed by atoms with E-state index in [1.807, 2.05) is 22.8 Å². The van der Waals surface area contributed by atoms with Crippen LogP contribution in [0.5, 0.6) is 0 Å². The molecule has 0 aliphatic heterocycles. The van der Waals surface area contributed by atoms with Gasteiger partial charge in [0.25, 0.3) is 11.5 Å². The molecule has 146 valence electrons. The third-order valence-electron chi connectivity index (χ3n) is 4.77. The zero-order chi connectivity index (χ0) is 20.2. The molecule has 0 spiro atoms. The molecule has 0 atom stereocenters. The Morgan fingerprint density at radius 2 is 1.93 bits per heavy atom. The van der Waals surface area contributed by atoms with Gasteiger partial charge < -0.3 is 14.5 Å². The van der Waals surface area contributed by atoms with Gasteiger partial charge in [0, 0.05) is 19.2 Å². The Labute approximate surface area is 166 Å². The largest absolute Gasteiger partial charge is 0.345 e. The van der Waals surface area contributed by atoms with Gasteiger partial charge in [0.05, 0.1) is 23.8 Å². The second kappa shape index (κ2) is 8.05. The number of hydrogen-bond donors (Lipinski definition) is 1. The molecule has 0 bridgehead atoms. The predicted octanol–water partition coefficient (Wildman–Crippen LogP) is 1.70. The molecular weight excluding hydrogens is 368 g/mol. The van der Waals surface area contributed by atoms with Crippen LogP contribution in [0.2, 0.25) is 0 Å². The maximum atomic E-state index is 12.5. The molecule has 2 aromatic carbocycles. The number of fused-ring (bicyclic) bond motifs is 1. The lowest BCUT2D eigenvalue weighted by atomic mass is 10.1. The molecule has 0 aliphatic rings. The first-order valence-corrected chi connectivity index (χ1v) is 9.26. The van der Waals surface area contributed by atoms with E-state index in [4.69, 9.17) is 0 Å². The molecule has 0 unspecified atom stereocenters. The Balaban J connectivity index is 1.42. The van der Waals surface area contributed by atoms with Crippen LogP contribution in [0.3, 0.4) is 0 Å². The first kappa shape index (κ1) is 18.5. The number of benzene rings is 2. The van der Waals surface area contributed by atoms with Crippen LogP contribution in [0.15, 0.2) is 66.0 Å². The minimum absolute atomic E-state index is 0.145. The molecule has 2 heterocycles. The lowest BCUT2D eigenvalue weighted by Gasteiger charge is -2.09. The Morgan fingerprint density at radius 3 is 2.76 bits per heavy atom. The van der Waals surface area contributed by atoms with Crippen molar-refractivity contribution in [3.05, 3.63) is 88.5 Å². The van der Waals surface area contributed by atoms with Crippen molar-refractivity contribution in [1.82, 2.24) is 29.6 Å². The van der Waals surface area contributed by atoms with E-state index < -0.39 is 0 Å². The topological polar surface area (TPSA) is 94.7 Å². The van der Waals surface area contributed by atoms with Gasteiger partial charge in [-0.25, -0.2) is 4.98 Å². The Bertz CT molecular complexity index is 1210. The average Bonchev–Trinajstić information content (AvgIpc) is 3.21. The maximum absolute atomic E-state index is 12.5. The second-order valence-corrected chi connectivity index (χ2v) is 6.75. The lowest BCUT2D eigenvalue weighted by molar-refractivity contribution is 0.0949. The highest BCUT2D eigenvalue weighted by molar-refractivity contribution is 5.97. The SMILES string of the molecule is Cn1cnc2cc(C(=O)NCc3nncn3CCc3ccccc3)ccc2c1=O. The van der Waals surface area contributed by atoms with Crippen LogP contribution in [0.25, 0.3) is 10.9 Å². The molecule has 0 radical (unpaired) electrons. The Morgan fingerprint density at radius 1 is 1.10 bits per heavy atom. The molecule has 1 N–H and O–H groups in total. The van der Waals surface area contributed by atoms with Crippen molar-refractivity contribution in [3.63, 3.8) is 0 Å². The molecule has 4 rings (SSSR count). The van der Waals surface area contributed by atoms with Gasteiger partial charge >= 0.3 is 0 Å². The monoisotopic (exact) mass is 388 g/mol. The maximum Gasteiger partial charge on any atom is 0.260 e. The van der Waals surface area contributed by atoms with Crippen molar-refractivity contribution in [1.29, 1.82) is 0 Å². The van der Waals surface area contributed by atoms with Crippen molar-refractivity contribution in [3.8, 4) is 0 Å². The van der Waals surface area contributed by atoms with E-state index in [-0.39, 0.29) is 18.0 Å². The quantitative estimate of drug-likeness (QED) is 0.542. The summed E-state index contributed by atoms with van der Waals surface area (Å²) < 4.78 is 3.34. The minimum Gasteiger partial charge on any atom is -0.345 e. The molecule has 0 aliphatic carbocycles. The summed E-state index contributed by atoms with van der Waals surface area (Å²) >= 11 is 0. The van der Waals surface area contributed by atoms with E-state index in [1.165, 1.54) is 16.5 Å². The van der Waals surface area contributed by atoms with Crippen molar-refractivity contribution in [2.24, 2.45) is 7.05 Å². The van der Waals surface area contributed by atoms with Gasteiger partial charge in [0.1, 0.15) is 6.33 Å². The molecule has 0 saturated heterocycles. The molecule has 8 nitrogen and oxygen atoms in total. The number of nitrogens with one attached hydrogen (secondary N) is 1. The smallest absolute Gasteiger partial charge is 0.260 e. The Kier molecular flexibility index (Phi) is 5.15. The predicted molar refractivity (Wildman–Crippen MR) is 108 cm³/mol. The highest BCUT2D eigenvalue weighted by Gasteiger charge is 2.11. The van der Waals surface area contributed by atoms with Crippen LogP contribution in [-0.4, -0.2) is 30.2 Å². The van der Waals surface area contributed by atoms with Crippen molar-refractivity contribution in [2.45, 2.75) is 19.5 Å². The first-order chi connectivity index (χ1) is 14.1. The first-order valence-electron chi connectivity index (χ1n) is 9.26. The average molecular weight is 388 g/mol. The summed E-state index contributed by atoms with van der Waals surface area (Å²) in [6.07, 6.45) is 3.97. The molecule has 1 amide bonds. The number of aryl methyl sites for hydroxylation is 3. The number of amides is 1. The summed E-state index contributed by atoms with van der Waals surface area (Å²) in [6.45, 7) is 0.987.